The first-order valence-electron chi connectivity index (χ1n) is 6.60. The van der Waals surface area contributed by atoms with Crippen molar-refractivity contribution in [2.24, 2.45) is 5.41 Å². The van der Waals surface area contributed by atoms with Crippen molar-refractivity contribution in [2.75, 3.05) is 17.7 Å². The van der Waals surface area contributed by atoms with Gasteiger partial charge in [-0.2, -0.15) is 13.2 Å². The van der Waals surface area contributed by atoms with Crippen molar-refractivity contribution in [1.29, 1.82) is 0 Å². The molecule has 1 saturated carbocycles. The summed E-state index contributed by atoms with van der Waals surface area (Å²) in [7, 11) is 1.53. The number of hydrogen-bond acceptors (Lipinski definition) is 4. The van der Waals surface area contributed by atoms with E-state index in [0.29, 0.717) is 0 Å². The Kier molecular flexibility index (Phi) is 3.80. The topological polar surface area (TPSA) is 49.8 Å². The van der Waals surface area contributed by atoms with Crippen LogP contribution in [-0.4, -0.2) is 23.1 Å². The molecule has 0 aromatic carbocycles. The Morgan fingerprint density at radius 3 is 2.40 bits per heavy atom. The maximum Gasteiger partial charge on any atom is 0.451 e. The van der Waals surface area contributed by atoms with E-state index in [9.17, 15) is 13.2 Å². The van der Waals surface area contributed by atoms with Crippen LogP contribution in [0.2, 0.25) is 0 Å². The predicted octanol–water partition coefficient (Wildman–Crippen LogP) is 3.53. The van der Waals surface area contributed by atoms with E-state index in [4.69, 9.17) is 0 Å². The summed E-state index contributed by atoms with van der Waals surface area (Å²) >= 11 is 0. The van der Waals surface area contributed by atoms with Crippen molar-refractivity contribution >= 4 is 11.6 Å². The molecule has 1 unspecified atom stereocenters. The minimum atomic E-state index is -4.54. The molecule has 112 valence electrons. The number of alkyl halides is 3. The lowest BCUT2D eigenvalue weighted by molar-refractivity contribution is -0.144. The van der Waals surface area contributed by atoms with Gasteiger partial charge in [0.1, 0.15) is 11.6 Å². The number of rotatable bonds is 3. The van der Waals surface area contributed by atoms with E-state index in [2.05, 4.69) is 34.4 Å². The zero-order chi connectivity index (χ0) is 15.0. The summed E-state index contributed by atoms with van der Waals surface area (Å²) in [6, 6.07) is 1.66. The molecule has 0 amide bonds. The highest BCUT2D eigenvalue weighted by Crippen LogP contribution is 2.38. The second-order valence-corrected chi connectivity index (χ2v) is 5.96. The normalized spacial score (nSPS) is 21.8. The van der Waals surface area contributed by atoms with Crippen molar-refractivity contribution < 1.29 is 13.2 Å². The number of anilines is 2. The van der Waals surface area contributed by atoms with Gasteiger partial charge in [-0.1, -0.05) is 13.8 Å². The SMILES string of the molecule is CNc1cc(NC2CCC(C)(C)C2)nc(C(F)(F)F)n1. The van der Waals surface area contributed by atoms with Crippen molar-refractivity contribution in [1.82, 2.24) is 9.97 Å². The van der Waals surface area contributed by atoms with Crippen LogP contribution in [0.5, 0.6) is 0 Å². The fraction of sp³-hybridized carbons (Fsp3) is 0.692. The third kappa shape index (κ3) is 3.52. The van der Waals surface area contributed by atoms with E-state index >= 15 is 0 Å². The lowest BCUT2D eigenvalue weighted by atomic mass is 9.92. The number of aromatic nitrogens is 2. The summed E-state index contributed by atoms with van der Waals surface area (Å²) in [6.07, 6.45) is -1.63. The molecular weight excluding hydrogens is 269 g/mol. The van der Waals surface area contributed by atoms with Gasteiger partial charge in [0.15, 0.2) is 0 Å². The van der Waals surface area contributed by atoms with Crippen LogP contribution in [0.1, 0.15) is 38.9 Å². The van der Waals surface area contributed by atoms with Crippen molar-refractivity contribution in [3.63, 3.8) is 0 Å². The summed E-state index contributed by atoms with van der Waals surface area (Å²) in [6.45, 7) is 4.32. The highest BCUT2D eigenvalue weighted by atomic mass is 19.4. The first-order chi connectivity index (χ1) is 9.19. The highest BCUT2D eigenvalue weighted by Gasteiger charge is 2.36. The molecule has 1 aliphatic rings. The van der Waals surface area contributed by atoms with E-state index in [-0.39, 0.29) is 23.1 Å². The van der Waals surface area contributed by atoms with Crippen LogP contribution in [-0.2, 0) is 6.18 Å². The molecule has 0 saturated heterocycles. The number of hydrogen-bond donors (Lipinski definition) is 2. The molecule has 7 heteroatoms. The molecule has 1 atom stereocenters. The molecule has 4 nitrogen and oxygen atoms in total. The van der Waals surface area contributed by atoms with E-state index in [1.807, 2.05) is 0 Å². The second-order valence-electron chi connectivity index (χ2n) is 5.96. The fourth-order valence-corrected chi connectivity index (χ4v) is 2.54. The van der Waals surface area contributed by atoms with Crippen LogP contribution in [0.3, 0.4) is 0 Å². The maximum absolute atomic E-state index is 12.7. The van der Waals surface area contributed by atoms with Crippen LogP contribution >= 0.6 is 0 Å². The van der Waals surface area contributed by atoms with Crippen LogP contribution in [0.25, 0.3) is 0 Å². The molecule has 20 heavy (non-hydrogen) atoms. The van der Waals surface area contributed by atoms with Gasteiger partial charge in [0.2, 0.25) is 5.82 Å². The summed E-state index contributed by atoms with van der Waals surface area (Å²) in [5.74, 6) is -0.740. The van der Waals surface area contributed by atoms with Crippen LogP contribution in [0.4, 0.5) is 24.8 Å². The maximum atomic E-state index is 12.7. The van der Waals surface area contributed by atoms with E-state index in [1.165, 1.54) is 13.1 Å². The predicted molar refractivity (Wildman–Crippen MR) is 71.6 cm³/mol. The molecule has 1 aromatic rings. The zero-order valence-corrected chi connectivity index (χ0v) is 11.8. The first-order valence-corrected chi connectivity index (χ1v) is 6.60. The average Bonchev–Trinajstić information content (AvgIpc) is 2.67. The Bertz CT molecular complexity index is 485. The van der Waals surface area contributed by atoms with Gasteiger partial charge >= 0.3 is 6.18 Å². The molecule has 1 aromatic heterocycles. The number of halogens is 3. The van der Waals surface area contributed by atoms with Crippen molar-refractivity contribution in [3.8, 4) is 0 Å². The quantitative estimate of drug-likeness (QED) is 0.893. The van der Waals surface area contributed by atoms with Crippen LogP contribution in [0.15, 0.2) is 6.07 Å². The first kappa shape index (κ1) is 14.9. The zero-order valence-electron chi connectivity index (χ0n) is 11.8. The summed E-state index contributed by atoms with van der Waals surface area (Å²) in [5.41, 5.74) is 0.226. The van der Waals surface area contributed by atoms with E-state index < -0.39 is 12.0 Å². The Labute approximate surface area is 116 Å². The van der Waals surface area contributed by atoms with E-state index in [0.717, 1.165) is 19.3 Å². The van der Waals surface area contributed by atoms with Gasteiger partial charge in [-0.05, 0) is 24.7 Å². The Morgan fingerprint density at radius 1 is 1.25 bits per heavy atom. The number of nitrogens with zero attached hydrogens (tertiary/aromatic N) is 2. The average molecular weight is 288 g/mol. The molecule has 0 radical (unpaired) electrons. The van der Waals surface area contributed by atoms with Gasteiger partial charge in [-0.15, -0.1) is 0 Å². The fourth-order valence-electron chi connectivity index (χ4n) is 2.54. The summed E-state index contributed by atoms with van der Waals surface area (Å²) in [4.78, 5) is 7.02. The molecule has 2 N–H and O–H groups in total. The van der Waals surface area contributed by atoms with Gasteiger partial charge in [-0.25, -0.2) is 9.97 Å². The third-order valence-electron chi connectivity index (χ3n) is 3.56. The Hall–Kier alpha value is -1.53. The molecule has 2 rings (SSSR count). The van der Waals surface area contributed by atoms with Crippen molar-refractivity contribution in [3.05, 3.63) is 11.9 Å². The van der Waals surface area contributed by atoms with Crippen LogP contribution < -0.4 is 10.6 Å². The monoisotopic (exact) mass is 288 g/mol. The number of nitrogens with one attached hydrogen (secondary N) is 2. The Morgan fingerprint density at radius 2 is 1.90 bits per heavy atom. The molecule has 0 aliphatic heterocycles. The molecule has 1 heterocycles. The summed E-state index contributed by atoms with van der Waals surface area (Å²) in [5, 5.41) is 5.72. The smallest absolute Gasteiger partial charge is 0.373 e. The Balaban J connectivity index is 2.19. The lowest BCUT2D eigenvalue weighted by Gasteiger charge is -2.19. The second kappa shape index (κ2) is 5.10. The van der Waals surface area contributed by atoms with Crippen LogP contribution in [0, 0.1) is 5.41 Å². The molecule has 0 bridgehead atoms. The van der Waals surface area contributed by atoms with Gasteiger partial charge in [0.05, 0.1) is 0 Å². The van der Waals surface area contributed by atoms with E-state index in [1.54, 1.807) is 0 Å². The van der Waals surface area contributed by atoms with Gasteiger partial charge in [0.25, 0.3) is 0 Å². The lowest BCUT2D eigenvalue weighted by Crippen LogP contribution is -2.20. The molecule has 1 fully saturated rings. The molecule has 1 aliphatic carbocycles. The summed E-state index contributed by atoms with van der Waals surface area (Å²) < 4.78 is 38.2. The van der Waals surface area contributed by atoms with Gasteiger partial charge < -0.3 is 10.6 Å². The third-order valence-corrected chi connectivity index (χ3v) is 3.56. The largest absolute Gasteiger partial charge is 0.451 e. The molecule has 0 spiro atoms. The standard InChI is InChI=1S/C13H19F3N4/c1-12(2)5-4-8(7-12)18-10-6-9(17-3)19-11(20-10)13(14,15)16/h6,8H,4-5,7H2,1-3H3,(H2,17,18,19,20). The molecular formula is C13H19F3N4. The van der Waals surface area contributed by atoms with Gasteiger partial charge in [0, 0.05) is 19.2 Å². The van der Waals surface area contributed by atoms with Crippen molar-refractivity contribution in [2.45, 2.75) is 45.3 Å². The highest BCUT2D eigenvalue weighted by molar-refractivity contribution is 5.48. The minimum Gasteiger partial charge on any atom is -0.373 e. The van der Waals surface area contributed by atoms with Gasteiger partial charge in [-0.3, -0.25) is 0 Å². The minimum absolute atomic E-state index is 0.158.